The van der Waals surface area contributed by atoms with Crippen molar-refractivity contribution in [2.75, 3.05) is 30.8 Å². The Morgan fingerprint density at radius 2 is 1.88 bits per heavy atom. The first kappa shape index (κ1) is 22.3. The van der Waals surface area contributed by atoms with Crippen LogP contribution in [0.5, 0.6) is 0 Å². The van der Waals surface area contributed by atoms with Crippen LogP contribution in [0, 0.1) is 5.92 Å². The SMILES string of the molecule is Nc1ccccc1NC(=O)c1ccc(-c2ncc(CNCC3CCOCC3)cc2Cl)cc1. The minimum atomic E-state index is -0.223. The molecule has 4 N–H and O–H groups in total. The Morgan fingerprint density at radius 3 is 2.59 bits per heavy atom. The molecule has 4 rings (SSSR count). The number of nitrogen functional groups attached to an aromatic ring is 1. The van der Waals surface area contributed by atoms with Crippen LogP contribution in [-0.4, -0.2) is 30.6 Å². The van der Waals surface area contributed by atoms with E-state index in [0.29, 0.717) is 33.6 Å². The van der Waals surface area contributed by atoms with Crippen LogP contribution in [-0.2, 0) is 11.3 Å². The third-order valence-corrected chi connectivity index (χ3v) is 5.92. The van der Waals surface area contributed by atoms with Crippen LogP contribution in [0.3, 0.4) is 0 Å². The van der Waals surface area contributed by atoms with E-state index >= 15 is 0 Å². The lowest BCUT2D eigenvalue weighted by Crippen LogP contribution is -2.27. The molecule has 7 heteroatoms. The highest BCUT2D eigenvalue weighted by atomic mass is 35.5. The number of anilines is 2. The van der Waals surface area contributed by atoms with E-state index in [4.69, 9.17) is 22.1 Å². The largest absolute Gasteiger partial charge is 0.397 e. The van der Waals surface area contributed by atoms with Gasteiger partial charge in [-0.05, 0) is 61.2 Å². The predicted octanol–water partition coefficient (Wildman–Crippen LogP) is 4.75. The van der Waals surface area contributed by atoms with Crippen molar-refractivity contribution in [2.45, 2.75) is 19.4 Å². The number of nitrogens with zero attached hydrogens (tertiary/aromatic N) is 1. The van der Waals surface area contributed by atoms with Gasteiger partial charge in [-0.2, -0.15) is 0 Å². The number of nitrogens with one attached hydrogen (secondary N) is 2. The molecule has 0 saturated carbocycles. The summed E-state index contributed by atoms with van der Waals surface area (Å²) in [4.78, 5) is 17.1. The first-order valence-corrected chi connectivity index (χ1v) is 11.2. The fourth-order valence-electron chi connectivity index (χ4n) is 3.74. The number of rotatable bonds is 7. The molecular weight excluding hydrogens is 424 g/mol. The third-order valence-electron chi connectivity index (χ3n) is 5.63. The maximum atomic E-state index is 12.5. The van der Waals surface area contributed by atoms with Crippen molar-refractivity contribution < 1.29 is 9.53 Å². The Balaban J connectivity index is 1.37. The van der Waals surface area contributed by atoms with Gasteiger partial charge >= 0.3 is 0 Å². The van der Waals surface area contributed by atoms with Crippen molar-refractivity contribution in [3.63, 3.8) is 0 Å². The van der Waals surface area contributed by atoms with Crippen LogP contribution in [0.2, 0.25) is 5.02 Å². The molecule has 0 atom stereocenters. The minimum absolute atomic E-state index is 0.223. The summed E-state index contributed by atoms with van der Waals surface area (Å²) < 4.78 is 5.40. The first-order valence-electron chi connectivity index (χ1n) is 10.8. The lowest BCUT2D eigenvalue weighted by Gasteiger charge is -2.22. The molecule has 0 spiro atoms. The highest BCUT2D eigenvalue weighted by Crippen LogP contribution is 2.27. The summed E-state index contributed by atoms with van der Waals surface area (Å²) in [6.45, 7) is 3.41. The summed E-state index contributed by atoms with van der Waals surface area (Å²) in [7, 11) is 0. The van der Waals surface area contributed by atoms with Gasteiger partial charge in [0.1, 0.15) is 0 Å². The average Bonchev–Trinajstić information content (AvgIpc) is 2.81. The molecule has 1 aromatic heterocycles. The summed E-state index contributed by atoms with van der Waals surface area (Å²) in [6.07, 6.45) is 4.06. The molecule has 3 aromatic rings. The molecule has 0 radical (unpaired) electrons. The fourth-order valence-corrected chi connectivity index (χ4v) is 4.04. The Bertz CT molecular complexity index is 1070. The summed E-state index contributed by atoms with van der Waals surface area (Å²) in [5.74, 6) is 0.444. The number of carbonyl (C=O) groups is 1. The number of halogens is 1. The number of pyridine rings is 1. The molecule has 32 heavy (non-hydrogen) atoms. The van der Waals surface area contributed by atoms with Gasteiger partial charge < -0.3 is 21.1 Å². The zero-order valence-corrected chi connectivity index (χ0v) is 18.6. The molecule has 1 aliphatic rings. The van der Waals surface area contributed by atoms with Crippen LogP contribution in [0.1, 0.15) is 28.8 Å². The fraction of sp³-hybridized carbons (Fsp3) is 0.280. The maximum Gasteiger partial charge on any atom is 0.255 e. The lowest BCUT2D eigenvalue weighted by atomic mass is 10.0. The zero-order chi connectivity index (χ0) is 22.3. The van der Waals surface area contributed by atoms with Gasteiger partial charge in [0.05, 0.1) is 22.1 Å². The first-order chi connectivity index (χ1) is 15.6. The highest BCUT2D eigenvalue weighted by molar-refractivity contribution is 6.33. The van der Waals surface area contributed by atoms with Crippen molar-refractivity contribution in [1.82, 2.24) is 10.3 Å². The van der Waals surface area contributed by atoms with Crippen molar-refractivity contribution in [3.05, 3.63) is 76.9 Å². The monoisotopic (exact) mass is 450 g/mol. The van der Waals surface area contributed by atoms with Crippen LogP contribution in [0.4, 0.5) is 11.4 Å². The number of hydrogen-bond acceptors (Lipinski definition) is 5. The van der Waals surface area contributed by atoms with E-state index < -0.39 is 0 Å². The number of aromatic nitrogens is 1. The molecule has 1 aliphatic heterocycles. The van der Waals surface area contributed by atoms with Gasteiger partial charge in [0.25, 0.3) is 5.91 Å². The summed E-state index contributed by atoms with van der Waals surface area (Å²) in [5, 5.41) is 6.91. The summed E-state index contributed by atoms with van der Waals surface area (Å²) in [6, 6.07) is 16.3. The zero-order valence-electron chi connectivity index (χ0n) is 17.8. The number of para-hydroxylation sites is 2. The molecule has 2 heterocycles. The van der Waals surface area contributed by atoms with Gasteiger partial charge in [0.2, 0.25) is 0 Å². The molecular formula is C25H27ClN4O2. The number of hydrogen-bond donors (Lipinski definition) is 3. The number of nitrogens with two attached hydrogens (primary N) is 1. The van der Waals surface area contributed by atoms with Crippen molar-refractivity contribution in [3.8, 4) is 11.3 Å². The van der Waals surface area contributed by atoms with Gasteiger partial charge in [-0.15, -0.1) is 0 Å². The van der Waals surface area contributed by atoms with E-state index in [1.54, 1.807) is 24.3 Å². The normalized spacial score (nSPS) is 14.3. The van der Waals surface area contributed by atoms with E-state index in [1.165, 1.54) is 0 Å². The van der Waals surface area contributed by atoms with Gasteiger partial charge in [0, 0.05) is 37.1 Å². The average molecular weight is 451 g/mol. The van der Waals surface area contributed by atoms with Crippen molar-refractivity contribution in [1.29, 1.82) is 0 Å². The topological polar surface area (TPSA) is 89.3 Å². The van der Waals surface area contributed by atoms with Crippen LogP contribution >= 0.6 is 11.6 Å². The number of ether oxygens (including phenoxy) is 1. The molecule has 1 fully saturated rings. The second-order valence-electron chi connectivity index (χ2n) is 7.98. The van der Waals surface area contributed by atoms with Crippen LogP contribution in [0.25, 0.3) is 11.3 Å². The minimum Gasteiger partial charge on any atom is -0.397 e. The Hall–Kier alpha value is -2.93. The molecule has 1 amide bonds. The smallest absolute Gasteiger partial charge is 0.255 e. The van der Waals surface area contributed by atoms with Gasteiger partial charge in [0.15, 0.2) is 0 Å². The maximum absolute atomic E-state index is 12.5. The van der Waals surface area contributed by atoms with E-state index in [0.717, 1.165) is 50.3 Å². The Kier molecular flexibility index (Phi) is 7.37. The lowest BCUT2D eigenvalue weighted by molar-refractivity contribution is 0.0662. The Morgan fingerprint density at radius 1 is 1.12 bits per heavy atom. The van der Waals surface area contributed by atoms with E-state index in [-0.39, 0.29) is 5.91 Å². The standard InChI is InChI=1S/C25H27ClN4O2/c26-21-13-18(15-28-14-17-9-11-32-12-10-17)16-29-24(21)19-5-7-20(8-6-19)25(31)30-23-4-2-1-3-22(23)27/h1-8,13,16-17,28H,9-12,14-15,27H2,(H,30,31). The molecule has 0 bridgehead atoms. The predicted molar refractivity (Wildman–Crippen MR) is 129 cm³/mol. The Labute approximate surface area is 193 Å². The van der Waals surface area contributed by atoms with E-state index in [9.17, 15) is 4.79 Å². The molecule has 2 aromatic carbocycles. The van der Waals surface area contributed by atoms with Gasteiger partial charge in [-0.1, -0.05) is 35.9 Å². The quantitative estimate of drug-likeness (QED) is 0.452. The summed E-state index contributed by atoms with van der Waals surface area (Å²) in [5.41, 5.74) is 10.1. The molecule has 0 aliphatic carbocycles. The van der Waals surface area contributed by atoms with E-state index in [2.05, 4.69) is 15.6 Å². The molecule has 166 valence electrons. The van der Waals surface area contributed by atoms with Crippen molar-refractivity contribution in [2.24, 2.45) is 5.92 Å². The van der Waals surface area contributed by atoms with Crippen LogP contribution < -0.4 is 16.4 Å². The number of amides is 1. The second-order valence-corrected chi connectivity index (χ2v) is 8.39. The molecule has 1 saturated heterocycles. The molecule has 6 nitrogen and oxygen atoms in total. The molecule has 0 unspecified atom stereocenters. The third kappa shape index (κ3) is 5.65. The van der Waals surface area contributed by atoms with Gasteiger partial charge in [-0.25, -0.2) is 0 Å². The second kappa shape index (κ2) is 10.6. The number of benzene rings is 2. The number of carbonyl (C=O) groups excluding carboxylic acids is 1. The van der Waals surface area contributed by atoms with Gasteiger partial charge in [-0.3, -0.25) is 9.78 Å². The van der Waals surface area contributed by atoms with E-state index in [1.807, 2.05) is 36.5 Å². The highest BCUT2D eigenvalue weighted by Gasteiger charge is 2.14. The van der Waals surface area contributed by atoms with Crippen molar-refractivity contribution >= 4 is 28.9 Å². The summed E-state index contributed by atoms with van der Waals surface area (Å²) >= 11 is 6.52. The van der Waals surface area contributed by atoms with Crippen LogP contribution in [0.15, 0.2) is 60.8 Å².